The maximum Gasteiger partial charge on any atom is 0.0612 e. The molecule has 1 heterocycles. The molecule has 0 atom stereocenters. The van der Waals surface area contributed by atoms with E-state index < -0.39 is 0 Å². The third kappa shape index (κ3) is 2.62. The monoisotopic (exact) mass is 258 g/mol. The van der Waals surface area contributed by atoms with Gasteiger partial charge >= 0.3 is 0 Å². The first-order valence-electron chi connectivity index (χ1n) is 5.61. The van der Waals surface area contributed by atoms with Crippen LogP contribution in [0.4, 0.5) is 5.69 Å². The first kappa shape index (κ1) is 12.0. The van der Waals surface area contributed by atoms with Crippen molar-refractivity contribution in [2.75, 3.05) is 24.5 Å². The summed E-state index contributed by atoms with van der Waals surface area (Å²) in [5, 5.41) is 1.24. The average molecular weight is 259 g/mol. The van der Waals surface area contributed by atoms with Gasteiger partial charge in [0.2, 0.25) is 0 Å². The van der Waals surface area contributed by atoms with E-state index >= 15 is 0 Å². The second-order valence-corrected chi connectivity index (χ2v) is 5.08. The van der Waals surface area contributed by atoms with Crippen LogP contribution in [0.1, 0.15) is 12.8 Å². The fourth-order valence-electron chi connectivity index (χ4n) is 2.11. The molecule has 0 radical (unpaired) electrons. The Morgan fingerprint density at radius 1 is 1.19 bits per heavy atom. The molecule has 1 aromatic carbocycles. The number of rotatable bonds is 2. The molecule has 1 aromatic rings. The molecule has 0 saturated carbocycles. The molecule has 0 unspecified atom stereocenters. The predicted octanol–water partition coefficient (Wildman–Crippen LogP) is 3.17. The number of nitrogens with zero attached hydrogens (tertiary/aromatic N) is 1. The first-order chi connectivity index (χ1) is 7.70. The zero-order chi connectivity index (χ0) is 11.5. The maximum absolute atomic E-state index is 6.01. The van der Waals surface area contributed by atoms with E-state index in [0.29, 0.717) is 16.0 Å². The SMILES string of the molecule is NCC1CCN(c2ccc(Cl)c(Cl)c2)CC1. The number of anilines is 1. The lowest BCUT2D eigenvalue weighted by molar-refractivity contribution is 0.414. The lowest BCUT2D eigenvalue weighted by atomic mass is 9.97. The van der Waals surface area contributed by atoms with Crippen molar-refractivity contribution in [3.05, 3.63) is 28.2 Å². The van der Waals surface area contributed by atoms with E-state index in [0.717, 1.165) is 38.2 Å². The Hall–Kier alpha value is -0.440. The minimum atomic E-state index is 0.613. The molecule has 0 bridgehead atoms. The highest BCUT2D eigenvalue weighted by molar-refractivity contribution is 6.42. The molecule has 2 N–H and O–H groups in total. The van der Waals surface area contributed by atoms with E-state index in [-0.39, 0.29) is 0 Å². The number of nitrogens with two attached hydrogens (primary N) is 1. The van der Waals surface area contributed by atoms with Gasteiger partial charge in [-0.25, -0.2) is 0 Å². The topological polar surface area (TPSA) is 29.3 Å². The molecule has 0 amide bonds. The number of hydrogen-bond donors (Lipinski definition) is 1. The van der Waals surface area contributed by atoms with Crippen LogP contribution in [0.3, 0.4) is 0 Å². The smallest absolute Gasteiger partial charge is 0.0612 e. The summed E-state index contributed by atoms with van der Waals surface area (Å²) in [5.74, 6) is 0.680. The van der Waals surface area contributed by atoms with Crippen molar-refractivity contribution in [1.29, 1.82) is 0 Å². The standard InChI is InChI=1S/C12H16Cl2N2/c13-11-2-1-10(7-12(11)14)16-5-3-9(8-15)4-6-16/h1-2,7,9H,3-6,8,15H2. The van der Waals surface area contributed by atoms with Crippen LogP contribution in [0.25, 0.3) is 0 Å². The fraction of sp³-hybridized carbons (Fsp3) is 0.500. The Kier molecular flexibility index (Phi) is 3.95. The molecule has 1 fully saturated rings. The highest BCUT2D eigenvalue weighted by atomic mass is 35.5. The van der Waals surface area contributed by atoms with Crippen LogP contribution in [0.2, 0.25) is 10.0 Å². The van der Waals surface area contributed by atoms with Crippen LogP contribution in [-0.2, 0) is 0 Å². The molecule has 0 aromatic heterocycles. The molecule has 0 spiro atoms. The minimum absolute atomic E-state index is 0.613. The van der Waals surface area contributed by atoms with Gasteiger partial charge in [0.15, 0.2) is 0 Å². The molecular weight excluding hydrogens is 243 g/mol. The number of piperidine rings is 1. The largest absolute Gasteiger partial charge is 0.371 e. The van der Waals surface area contributed by atoms with E-state index in [9.17, 15) is 0 Å². The number of halogens is 2. The highest BCUT2D eigenvalue weighted by Gasteiger charge is 2.18. The van der Waals surface area contributed by atoms with Crippen molar-refractivity contribution in [1.82, 2.24) is 0 Å². The van der Waals surface area contributed by atoms with Crippen LogP contribution in [-0.4, -0.2) is 19.6 Å². The molecule has 1 saturated heterocycles. The lowest BCUT2D eigenvalue weighted by Crippen LogP contribution is -2.36. The third-order valence-corrected chi connectivity index (χ3v) is 3.96. The summed E-state index contributed by atoms with van der Waals surface area (Å²) in [5.41, 5.74) is 6.83. The Morgan fingerprint density at radius 2 is 1.88 bits per heavy atom. The van der Waals surface area contributed by atoms with E-state index in [1.165, 1.54) is 0 Å². The van der Waals surface area contributed by atoms with Gasteiger partial charge in [-0.15, -0.1) is 0 Å². The van der Waals surface area contributed by atoms with Crippen LogP contribution in [0.5, 0.6) is 0 Å². The average Bonchev–Trinajstić information content (AvgIpc) is 2.33. The lowest BCUT2D eigenvalue weighted by Gasteiger charge is -2.33. The van der Waals surface area contributed by atoms with Gasteiger partial charge in [0.05, 0.1) is 10.0 Å². The molecular formula is C12H16Cl2N2. The Bertz CT molecular complexity index is 360. The van der Waals surface area contributed by atoms with Crippen molar-refractivity contribution >= 4 is 28.9 Å². The van der Waals surface area contributed by atoms with Crippen LogP contribution >= 0.6 is 23.2 Å². The van der Waals surface area contributed by atoms with Gasteiger partial charge in [0, 0.05) is 18.8 Å². The van der Waals surface area contributed by atoms with Gasteiger partial charge in [-0.2, -0.15) is 0 Å². The number of benzene rings is 1. The van der Waals surface area contributed by atoms with Crippen molar-refractivity contribution in [3.8, 4) is 0 Å². The maximum atomic E-state index is 6.01. The Balaban J connectivity index is 2.05. The minimum Gasteiger partial charge on any atom is -0.371 e. The van der Waals surface area contributed by atoms with E-state index in [2.05, 4.69) is 4.90 Å². The Morgan fingerprint density at radius 3 is 2.44 bits per heavy atom. The summed E-state index contributed by atoms with van der Waals surface area (Å²) in [6.45, 7) is 2.91. The molecule has 2 rings (SSSR count). The van der Waals surface area contributed by atoms with Gasteiger partial charge in [-0.3, -0.25) is 0 Å². The summed E-state index contributed by atoms with van der Waals surface area (Å²) in [6.07, 6.45) is 2.33. The van der Waals surface area contributed by atoms with E-state index in [1.807, 2.05) is 18.2 Å². The third-order valence-electron chi connectivity index (χ3n) is 3.22. The van der Waals surface area contributed by atoms with Crippen molar-refractivity contribution in [3.63, 3.8) is 0 Å². The van der Waals surface area contributed by atoms with Gasteiger partial charge < -0.3 is 10.6 Å². The summed E-state index contributed by atoms with van der Waals surface area (Å²) in [7, 11) is 0. The van der Waals surface area contributed by atoms with Gasteiger partial charge in [-0.1, -0.05) is 23.2 Å². The van der Waals surface area contributed by atoms with E-state index in [4.69, 9.17) is 28.9 Å². The molecule has 0 aliphatic carbocycles. The predicted molar refractivity (Wildman–Crippen MR) is 70.5 cm³/mol. The summed E-state index contributed by atoms with van der Waals surface area (Å²) >= 11 is 11.9. The van der Waals surface area contributed by atoms with Crippen molar-refractivity contribution < 1.29 is 0 Å². The molecule has 1 aliphatic heterocycles. The van der Waals surface area contributed by atoms with Gasteiger partial charge in [0.25, 0.3) is 0 Å². The molecule has 88 valence electrons. The number of hydrogen-bond acceptors (Lipinski definition) is 2. The first-order valence-corrected chi connectivity index (χ1v) is 6.36. The fourth-order valence-corrected chi connectivity index (χ4v) is 2.40. The van der Waals surface area contributed by atoms with Crippen LogP contribution < -0.4 is 10.6 Å². The second-order valence-electron chi connectivity index (χ2n) is 4.26. The molecule has 16 heavy (non-hydrogen) atoms. The highest BCUT2D eigenvalue weighted by Crippen LogP contribution is 2.29. The molecule has 1 aliphatic rings. The summed E-state index contributed by atoms with van der Waals surface area (Å²) in [4.78, 5) is 2.34. The van der Waals surface area contributed by atoms with E-state index in [1.54, 1.807) is 0 Å². The molecule has 2 nitrogen and oxygen atoms in total. The normalized spacial score (nSPS) is 17.8. The summed E-state index contributed by atoms with van der Waals surface area (Å²) < 4.78 is 0. The second kappa shape index (κ2) is 5.26. The molecule has 4 heteroatoms. The van der Waals surface area contributed by atoms with Crippen LogP contribution in [0.15, 0.2) is 18.2 Å². The van der Waals surface area contributed by atoms with Gasteiger partial charge in [-0.05, 0) is 43.5 Å². The van der Waals surface area contributed by atoms with Crippen molar-refractivity contribution in [2.24, 2.45) is 11.7 Å². The zero-order valence-corrected chi connectivity index (χ0v) is 10.6. The van der Waals surface area contributed by atoms with Crippen molar-refractivity contribution in [2.45, 2.75) is 12.8 Å². The zero-order valence-electron chi connectivity index (χ0n) is 9.13. The quantitative estimate of drug-likeness (QED) is 0.883. The summed E-state index contributed by atoms with van der Waals surface area (Å²) in [6, 6.07) is 5.82. The Labute approximate surface area is 106 Å². The van der Waals surface area contributed by atoms with Crippen LogP contribution in [0, 0.1) is 5.92 Å². The van der Waals surface area contributed by atoms with Gasteiger partial charge in [0.1, 0.15) is 0 Å².